The summed E-state index contributed by atoms with van der Waals surface area (Å²) >= 11 is 0. The van der Waals surface area contributed by atoms with Crippen LogP contribution in [0.5, 0.6) is 0 Å². The topological polar surface area (TPSA) is 23.6 Å². The fraction of sp³-hybridized carbons (Fsp3) is 0.458. The Hall–Kier alpha value is -2.20. The normalized spacial score (nSPS) is 26.0. The van der Waals surface area contributed by atoms with Crippen molar-refractivity contribution in [2.75, 3.05) is 19.6 Å². The highest BCUT2D eigenvalue weighted by atomic mass is 19.1. The van der Waals surface area contributed by atoms with Gasteiger partial charge in [-0.3, -0.25) is 9.69 Å². The standard InChI is InChI=1S/C24H29FN2O/c1-17-3-7-19(8-4-17)15-27-14-12-23(24(27)28)26-13-11-21(22(25)16-26)20-9-5-18(2)6-10-20/h3-10,21-23H,11-16H2,1-2H3/t21-,22+,23+/m0/s1. The number of benzene rings is 2. The van der Waals surface area contributed by atoms with Crippen LogP contribution in [0.25, 0.3) is 0 Å². The molecule has 0 saturated carbocycles. The van der Waals surface area contributed by atoms with Gasteiger partial charge < -0.3 is 4.90 Å². The molecule has 2 aromatic carbocycles. The third kappa shape index (κ3) is 3.97. The molecule has 28 heavy (non-hydrogen) atoms. The maximum absolute atomic E-state index is 15.0. The maximum atomic E-state index is 15.0. The number of alkyl halides is 1. The van der Waals surface area contributed by atoms with Crippen molar-refractivity contribution < 1.29 is 9.18 Å². The van der Waals surface area contributed by atoms with Gasteiger partial charge in [-0.05, 0) is 44.4 Å². The Balaban J connectivity index is 1.37. The van der Waals surface area contributed by atoms with Crippen LogP contribution in [-0.4, -0.2) is 47.6 Å². The van der Waals surface area contributed by atoms with Crippen molar-refractivity contribution in [3.63, 3.8) is 0 Å². The number of carbonyl (C=O) groups is 1. The molecule has 2 aliphatic rings. The number of likely N-dealkylation sites (tertiary alicyclic amines) is 2. The van der Waals surface area contributed by atoms with E-state index in [2.05, 4.69) is 48.2 Å². The Morgan fingerprint density at radius 3 is 2.21 bits per heavy atom. The fourth-order valence-electron chi connectivity index (χ4n) is 4.53. The van der Waals surface area contributed by atoms with Crippen LogP contribution in [0.3, 0.4) is 0 Å². The minimum atomic E-state index is -0.921. The Morgan fingerprint density at radius 2 is 1.57 bits per heavy atom. The molecule has 2 aliphatic heterocycles. The number of amides is 1. The van der Waals surface area contributed by atoms with Gasteiger partial charge in [-0.1, -0.05) is 59.7 Å². The second-order valence-corrected chi connectivity index (χ2v) is 8.37. The molecule has 2 fully saturated rings. The Morgan fingerprint density at radius 1 is 0.929 bits per heavy atom. The van der Waals surface area contributed by atoms with E-state index in [1.54, 1.807) is 0 Å². The van der Waals surface area contributed by atoms with Crippen LogP contribution in [0.2, 0.25) is 0 Å². The highest BCUT2D eigenvalue weighted by Crippen LogP contribution is 2.33. The molecule has 0 spiro atoms. The van der Waals surface area contributed by atoms with Crippen molar-refractivity contribution in [1.29, 1.82) is 0 Å². The first-order valence-corrected chi connectivity index (χ1v) is 10.3. The third-order valence-corrected chi connectivity index (χ3v) is 6.28. The molecule has 0 aliphatic carbocycles. The molecule has 4 rings (SSSR count). The van der Waals surface area contributed by atoms with Crippen molar-refractivity contribution in [2.45, 2.75) is 51.4 Å². The van der Waals surface area contributed by atoms with Crippen molar-refractivity contribution in [3.8, 4) is 0 Å². The summed E-state index contributed by atoms with van der Waals surface area (Å²) in [6.45, 7) is 6.66. The monoisotopic (exact) mass is 380 g/mol. The number of nitrogens with zero attached hydrogens (tertiary/aromatic N) is 2. The Kier molecular flexibility index (Phi) is 5.49. The smallest absolute Gasteiger partial charge is 0.240 e. The number of aryl methyl sites for hydroxylation is 2. The second-order valence-electron chi connectivity index (χ2n) is 8.37. The number of carbonyl (C=O) groups excluding carboxylic acids is 1. The number of hydrogen-bond donors (Lipinski definition) is 0. The van der Waals surface area contributed by atoms with E-state index < -0.39 is 6.17 Å². The molecule has 0 unspecified atom stereocenters. The summed E-state index contributed by atoms with van der Waals surface area (Å²) in [6.07, 6.45) is 0.647. The summed E-state index contributed by atoms with van der Waals surface area (Å²) in [4.78, 5) is 16.9. The van der Waals surface area contributed by atoms with Gasteiger partial charge in [0, 0.05) is 25.6 Å². The first-order chi connectivity index (χ1) is 13.5. The lowest BCUT2D eigenvalue weighted by Gasteiger charge is -2.37. The quantitative estimate of drug-likeness (QED) is 0.792. The van der Waals surface area contributed by atoms with E-state index in [1.807, 2.05) is 24.0 Å². The zero-order valence-electron chi connectivity index (χ0n) is 16.8. The summed E-state index contributed by atoms with van der Waals surface area (Å²) in [5, 5.41) is 0. The minimum Gasteiger partial charge on any atom is -0.337 e. The number of rotatable bonds is 4. The van der Waals surface area contributed by atoms with Gasteiger partial charge in [0.15, 0.2) is 0 Å². The van der Waals surface area contributed by atoms with E-state index in [1.165, 1.54) is 11.1 Å². The first kappa shape index (κ1) is 19.1. The third-order valence-electron chi connectivity index (χ3n) is 6.28. The predicted octanol–water partition coefficient (Wildman–Crippen LogP) is 4.23. The van der Waals surface area contributed by atoms with Crippen LogP contribution >= 0.6 is 0 Å². The lowest BCUT2D eigenvalue weighted by Crippen LogP contribution is -2.49. The van der Waals surface area contributed by atoms with Crippen LogP contribution in [-0.2, 0) is 11.3 Å². The van der Waals surface area contributed by atoms with E-state index in [0.717, 1.165) is 37.1 Å². The molecular weight excluding hydrogens is 351 g/mol. The van der Waals surface area contributed by atoms with Gasteiger partial charge in [0.05, 0.1) is 6.04 Å². The number of piperidine rings is 1. The summed E-state index contributed by atoms with van der Waals surface area (Å²) in [7, 11) is 0. The molecule has 2 saturated heterocycles. The molecule has 0 bridgehead atoms. The van der Waals surface area contributed by atoms with E-state index in [-0.39, 0.29) is 17.9 Å². The Labute approximate surface area is 167 Å². The zero-order valence-corrected chi connectivity index (χ0v) is 16.8. The largest absolute Gasteiger partial charge is 0.337 e. The highest BCUT2D eigenvalue weighted by Gasteiger charge is 2.40. The summed E-state index contributed by atoms with van der Waals surface area (Å²) in [6, 6.07) is 16.4. The number of halogens is 1. The van der Waals surface area contributed by atoms with Crippen LogP contribution in [0, 0.1) is 13.8 Å². The molecule has 4 heteroatoms. The molecule has 1 amide bonds. The first-order valence-electron chi connectivity index (χ1n) is 10.3. The molecule has 3 atom stereocenters. The average molecular weight is 381 g/mol. The Bertz CT molecular complexity index is 818. The van der Waals surface area contributed by atoms with E-state index in [4.69, 9.17) is 0 Å². The average Bonchev–Trinajstić information content (AvgIpc) is 3.05. The van der Waals surface area contributed by atoms with Crippen molar-refractivity contribution in [1.82, 2.24) is 9.80 Å². The van der Waals surface area contributed by atoms with Gasteiger partial charge >= 0.3 is 0 Å². The highest BCUT2D eigenvalue weighted by molar-refractivity contribution is 5.84. The predicted molar refractivity (Wildman–Crippen MR) is 110 cm³/mol. The molecule has 2 heterocycles. The van der Waals surface area contributed by atoms with Crippen LogP contribution in [0.15, 0.2) is 48.5 Å². The lowest BCUT2D eigenvalue weighted by atomic mass is 9.87. The minimum absolute atomic E-state index is 0.0583. The fourth-order valence-corrected chi connectivity index (χ4v) is 4.53. The molecule has 0 radical (unpaired) electrons. The summed E-state index contributed by atoms with van der Waals surface area (Å²) in [5.41, 5.74) is 4.65. The zero-order chi connectivity index (χ0) is 19.7. The van der Waals surface area contributed by atoms with Gasteiger partial charge in [-0.25, -0.2) is 4.39 Å². The lowest BCUT2D eigenvalue weighted by molar-refractivity contribution is -0.133. The summed E-state index contributed by atoms with van der Waals surface area (Å²) < 4.78 is 15.0. The van der Waals surface area contributed by atoms with Crippen molar-refractivity contribution in [3.05, 3.63) is 70.8 Å². The van der Waals surface area contributed by atoms with Crippen molar-refractivity contribution >= 4 is 5.91 Å². The molecule has 2 aromatic rings. The second kappa shape index (κ2) is 8.04. The molecule has 3 nitrogen and oxygen atoms in total. The molecule has 148 valence electrons. The molecular formula is C24H29FN2O. The molecule has 0 aromatic heterocycles. The van der Waals surface area contributed by atoms with Crippen molar-refractivity contribution in [2.24, 2.45) is 0 Å². The van der Waals surface area contributed by atoms with Gasteiger partial charge in [-0.2, -0.15) is 0 Å². The van der Waals surface area contributed by atoms with Gasteiger partial charge in [0.1, 0.15) is 6.17 Å². The van der Waals surface area contributed by atoms with Crippen LogP contribution in [0.4, 0.5) is 4.39 Å². The summed E-state index contributed by atoms with van der Waals surface area (Å²) in [5.74, 6) is 0.0959. The van der Waals surface area contributed by atoms with Crippen LogP contribution < -0.4 is 0 Å². The van der Waals surface area contributed by atoms with E-state index in [9.17, 15) is 9.18 Å². The van der Waals surface area contributed by atoms with Crippen LogP contribution in [0.1, 0.15) is 41.0 Å². The van der Waals surface area contributed by atoms with E-state index in [0.29, 0.717) is 13.1 Å². The molecule has 0 N–H and O–H groups in total. The van der Waals surface area contributed by atoms with Gasteiger partial charge in [-0.15, -0.1) is 0 Å². The van der Waals surface area contributed by atoms with Gasteiger partial charge in [0.25, 0.3) is 0 Å². The van der Waals surface area contributed by atoms with Gasteiger partial charge in [0.2, 0.25) is 5.91 Å². The SMILES string of the molecule is Cc1ccc(CN2CC[C@@H](N3CC[C@@H](c4ccc(C)cc4)[C@H](F)C3)C2=O)cc1. The maximum Gasteiger partial charge on any atom is 0.240 e. The number of hydrogen-bond acceptors (Lipinski definition) is 2. The van der Waals surface area contributed by atoms with E-state index >= 15 is 0 Å².